The third-order valence-corrected chi connectivity index (χ3v) is 18.4. The van der Waals surface area contributed by atoms with Crippen molar-refractivity contribution in [3.8, 4) is 17.3 Å². The number of piperazine rings is 1. The molecule has 3 fully saturated rings. The van der Waals surface area contributed by atoms with Gasteiger partial charge >= 0.3 is 12.1 Å². The Morgan fingerprint density at radius 2 is 1.48 bits per heavy atom. The molecule has 0 aliphatic carbocycles. The summed E-state index contributed by atoms with van der Waals surface area (Å²) in [7, 11) is -0.695. The maximum Gasteiger partial charge on any atom is 0.410 e. The molecule has 9 rings (SSSR count). The molecule has 4 atom stereocenters. The van der Waals surface area contributed by atoms with Crippen LogP contribution >= 0.6 is 11.6 Å². The van der Waals surface area contributed by atoms with Crippen LogP contribution in [0.3, 0.4) is 0 Å². The Balaban J connectivity index is 1.04. The maximum atomic E-state index is 17.3. The number of ether oxygens (including phenoxy) is 2. The van der Waals surface area contributed by atoms with E-state index in [1.54, 1.807) is 12.3 Å². The average molecular weight is 888 g/mol. The number of carbonyl (C=O) groups excluding carboxylic acids is 1. The van der Waals surface area contributed by atoms with Crippen LogP contribution in [-0.2, 0) is 9.16 Å². The lowest BCUT2D eigenvalue weighted by Crippen LogP contribution is -2.67. The summed E-state index contributed by atoms with van der Waals surface area (Å²) in [5.74, 6) is -0.0576. The van der Waals surface area contributed by atoms with Gasteiger partial charge in [0.25, 0.3) is 8.32 Å². The van der Waals surface area contributed by atoms with E-state index in [4.69, 9.17) is 40.5 Å². The van der Waals surface area contributed by atoms with E-state index in [1.165, 1.54) is 10.4 Å². The molecule has 10 nitrogen and oxygen atoms in total. The predicted octanol–water partition coefficient (Wildman–Crippen LogP) is 9.25. The Kier molecular flexibility index (Phi) is 11.5. The van der Waals surface area contributed by atoms with Crippen LogP contribution in [0.25, 0.3) is 32.9 Å². The van der Waals surface area contributed by atoms with Gasteiger partial charge in [-0.15, -0.1) is 0 Å². The maximum absolute atomic E-state index is 17.3. The molecule has 3 aliphatic rings. The first kappa shape index (κ1) is 43.1. The first-order valence-electron chi connectivity index (χ1n) is 22.0. The molecule has 2 aromatic heterocycles. The minimum Gasteiger partial charge on any atom is -0.462 e. The van der Waals surface area contributed by atoms with Gasteiger partial charge in [0.1, 0.15) is 29.2 Å². The van der Waals surface area contributed by atoms with Gasteiger partial charge in [-0.1, -0.05) is 123 Å². The normalized spacial score (nSPS) is 20.8. The van der Waals surface area contributed by atoms with Gasteiger partial charge in [-0.3, -0.25) is 14.8 Å². The molecule has 0 radical (unpaired) electrons. The number of rotatable bonds is 9. The van der Waals surface area contributed by atoms with Crippen molar-refractivity contribution < 1.29 is 23.1 Å². The van der Waals surface area contributed by atoms with E-state index < -0.39 is 19.7 Å². The molecule has 4 aromatic carbocycles. The van der Waals surface area contributed by atoms with E-state index in [1.807, 2.05) is 56.0 Å². The molecule has 0 spiro atoms. The van der Waals surface area contributed by atoms with Crippen molar-refractivity contribution in [3.63, 3.8) is 0 Å². The molecule has 0 saturated carbocycles. The minimum absolute atomic E-state index is 0.0140. The van der Waals surface area contributed by atoms with Gasteiger partial charge in [0.2, 0.25) is 0 Å². The van der Waals surface area contributed by atoms with Gasteiger partial charge in [-0.2, -0.15) is 9.97 Å². The minimum atomic E-state index is -2.79. The molecule has 3 aliphatic heterocycles. The lowest BCUT2D eigenvalue weighted by atomic mass is 10.0. The van der Waals surface area contributed by atoms with Crippen LogP contribution < -0.4 is 20.0 Å². The van der Waals surface area contributed by atoms with Crippen LogP contribution in [0.5, 0.6) is 6.01 Å². The standard InChI is InChI=1S/C50H56ClFN6O4Si/c1-49(2,3)61-48(59)58-33-24-25-34(58)29-57(28-33)46-40-27-53-44(39-22-14-16-32-17-15-23-41(51)42(32)39)43(52)45(40)54-47(55-46)60-31-35-26-36(30-56(35)7)62-63(50(4,5)6,37-18-10-8-11-19-37)38-20-12-9-13-21-38/h8-23,27,33-36H,24-26,28-31H2,1-7H3/t33?,34?,35-,36+/m0/s1. The number of nitrogens with zero attached hydrogens (tertiary/aromatic N) is 6. The number of benzene rings is 4. The molecule has 2 unspecified atom stereocenters. The lowest BCUT2D eigenvalue weighted by molar-refractivity contribution is 0.0122. The van der Waals surface area contributed by atoms with Crippen LogP contribution in [0.15, 0.2) is 103 Å². The monoisotopic (exact) mass is 886 g/mol. The van der Waals surface area contributed by atoms with Crippen LogP contribution in [0.4, 0.5) is 15.0 Å². The number of amides is 1. The Morgan fingerprint density at radius 1 is 0.841 bits per heavy atom. The van der Waals surface area contributed by atoms with Crippen molar-refractivity contribution in [2.75, 3.05) is 38.2 Å². The smallest absolute Gasteiger partial charge is 0.410 e. The summed E-state index contributed by atoms with van der Waals surface area (Å²) in [4.78, 5) is 34.2. The second-order valence-electron chi connectivity index (χ2n) is 19.4. The quantitative estimate of drug-likeness (QED) is 0.132. The fourth-order valence-electron chi connectivity index (χ4n) is 10.1. The number of hydrogen-bond acceptors (Lipinski definition) is 9. The zero-order valence-corrected chi connectivity index (χ0v) is 38.9. The number of pyridine rings is 1. The van der Waals surface area contributed by atoms with Crippen LogP contribution in [0, 0.1) is 5.82 Å². The SMILES string of the molecule is CN1C[C@H](O[Si](c2ccccc2)(c2ccccc2)C(C)(C)C)C[C@H]1COc1nc(N2CC3CCC(C2)N3C(=O)OC(C)(C)C)c2cnc(-c3cccc4cccc(Cl)c34)c(F)c2n1. The number of anilines is 1. The van der Waals surface area contributed by atoms with Crippen LogP contribution in [0.1, 0.15) is 60.8 Å². The van der Waals surface area contributed by atoms with Gasteiger partial charge in [0.15, 0.2) is 5.82 Å². The van der Waals surface area contributed by atoms with Gasteiger partial charge in [-0.05, 0) is 73.9 Å². The summed E-state index contributed by atoms with van der Waals surface area (Å²) in [6, 6.07) is 32.6. The average Bonchev–Trinajstić information content (AvgIpc) is 3.74. The zero-order valence-electron chi connectivity index (χ0n) is 37.1. The molecule has 2 bridgehead atoms. The molecule has 328 valence electrons. The van der Waals surface area contributed by atoms with Crippen LogP contribution in [-0.4, -0.2) is 102 Å². The van der Waals surface area contributed by atoms with E-state index in [9.17, 15) is 4.79 Å². The zero-order chi connectivity index (χ0) is 44.3. The van der Waals surface area contributed by atoms with Gasteiger partial charge in [-0.25, -0.2) is 9.18 Å². The summed E-state index contributed by atoms with van der Waals surface area (Å²) in [5, 5.41) is 4.89. The summed E-state index contributed by atoms with van der Waals surface area (Å²) in [6.07, 6.45) is 3.69. The molecule has 5 heterocycles. The van der Waals surface area contributed by atoms with E-state index in [2.05, 4.69) is 98.3 Å². The van der Waals surface area contributed by atoms with Crippen molar-refractivity contribution in [1.29, 1.82) is 0 Å². The van der Waals surface area contributed by atoms with Crippen molar-refractivity contribution in [2.45, 2.75) is 95.7 Å². The van der Waals surface area contributed by atoms with E-state index in [0.717, 1.165) is 31.2 Å². The Labute approximate surface area is 375 Å². The first-order chi connectivity index (χ1) is 30.1. The lowest BCUT2D eigenvalue weighted by Gasteiger charge is -2.44. The number of carbonyl (C=O) groups is 1. The van der Waals surface area contributed by atoms with Crippen molar-refractivity contribution in [1.82, 2.24) is 24.8 Å². The second kappa shape index (κ2) is 16.8. The summed E-state index contributed by atoms with van der Waals surface area (Å²) in [5.41, 5.74) is 0.214. The van der Waals surface area contributed by atoms with Gasteiger partial charge in [0.05, 0.1) is 23.6 Å². The number of halogens is 2. The molecule has 1 amide bonds. The number of fused-ring (bicyclic) bond motifs is 4. The Bertz CT molecular complexity index is 2590. The predicted molar refractivity (Wildman–Crippen MR) is 251 cm³/mol. The van der Waals surface area contributed by atoms with Gasteiger partial charge in [0, 0.05) is 47.8 Å². The molecular weight excluding hydrogens is 831 g/mol. The molecular formula is C50H56ClFN6O4Si. The molecule has 3 saturated heterocycles. The Hall–Kier alpha value is -5.14. The third kappa shape index (κ3) is 8.15. The number of likely N-dealkylation sites (N-methyl/N-ethyl adjacent to an activating group) is 1. The highest BCUT2D eigenvalue weighted by Crippen LogP contribution is 2.41. The molecule has 63 heavy (non-hydrogen) atoms. The van der Waals surface area contributed by atoms with Gasteiger partial charge < -0.3 is 18.8 Å². The highest BCUT2D eigenvalue weighted by Gasteiger charge is 2.52. The molecule has 13 heteroatoms. The van der Waals surface area contributed by atoms with Crippen molar-refractivity contribution >= 4 is 63.9 Å². The fourth-order valence-corrected chi connectivity index (χ4v) is 15.1. The summed E-state index contributed by atoms with van der Waals surface area (Å²) < 4.78 is 37.2. The summed E-state index contributed by atoms with van der Waals surface area (Å²) >= 11 is 6.73. The van der Waals surface area contributed by atoms with Crippen LogP contribution in [0.2, 0.25) is 10.1 Å². The highest BCUT2D eigenvalue weighted by atomic mass is 35.5. The van der Waals surface area contributed by atoms with E-state index in [-0.39, 0.29) is 59.2 Å². The van der Waals surface area contributed by atoms with E-state index in [0.29, 0.717) is 40.3 Å². The highest BCUT2D eigenvalue weighted by molar-refractivity contribution is 6.99. The Morgan fingerprint density at radius 3 is 2.10 bits per heavy atom. The number of likely N-dealkylation sites (tertiary alicyclic amines) is 1. The largest absolute Gasteiger partial charge is 0.462 e. The number of aromatic nitrogens is 3. The molecule has 0 N–H and O–H groups in total. The summed E-state index contributed by atoms with van der Waals surface area (Å²) in [6.45, 7) is 14.5. The topological polar surface area (TPSA) is 93.2 Å². The van der Waals surface area contributed by atoms with E-state index >= 15 is 4.39 Å². The third-order valence-electron chi connectivity index (χ3n) is 13.0. The number of hydrogen-bond donors (Lipinski definition) is 0. The molecule has 6 aromatic rings. The van der Waals surface area contributed by atoms with Crippen molar-refractivity contribution in [3.05, 3.63) is 114 Å². The first-order valence-corrected chi connectivity index (χ1v) is 24.3. The second-order valence-corrected chi connectivity index (χ2v) is 24.0. The van der Waals surface area contributed by atoms with Crippen molar-refractivity contribution in [2.24, 2.45) is 0 Å². The fraction of sp³-hybridized carbons (Fsp3) is 0.400.